The van der Waals surface area contributed by atoms with Crippen molar-refractivity contribution in [1.82, 2.24) is 9.21 Å². The van der Waals surface area contributed by atoms with Crippen LogP contribution in [0.4, 0.5) is 0 Å². The van der Waals surface area contributed by atoms with E-state index in [1.165, 1.54) is 16.4 Å². The summed E-state index contributed by atoms with van der Waals surface area (Å²) in [6.45, 7) is 9.49. The lowest BCUT2D eigenvalue weighted by atomic mass is 10.2. The minimum atomic E-state index is -3.57. The van der Waals surface area contributed by atoms with Crippen LogP contribution in [0, 0.1) is 0 Å². The van der Waals surface area contributed by atoms with Crippen LogP contribution in [0.25, 0.3) is 0 Å². The van der Waals surface area contributed by atoms with E-state index >= 15 is 0 Å². The first-order valence-electron chi connectivity index (χ1n) is 8.34. The number of ether oxygens (including phenoxy) is 1. The minimum Gasteiger partial charge on any atom is -0.373 e. The van der Waals surface area contributed by atoms with E-state index in [4.69, 9.17) is 4.74 Å². The maximum Gasteiger partial charge on any atom is 0.253 e. The van der Waals surface area contributed by atoms with Gasteiger partial charge in [0.25, 0.3) is 5.91 Å². The molecule has 0 aromatic heterocycles. The Morgan fingerprint density at radius 1 is 1.12 bits per heavy atom. The molecule has 1 saturated heterocycles. The largest absolute Gasteiger partial charge is 0.373 e. The van der Waals surface area contributed by atoms with Gasteiger partial charge in [0.2, 0.25) is 10.0 Å². The Labute approximate surface area is 144 Å². The van der Waals surface area contributed by atoms with Crippen molar-refractivity contribution in [2.75, 3.05) is 26.2 Å². The van der Waals surface area contributed by atoms with E-state index in [1.807, 2.05) is 27.7 Å². The van der Waals surface area contributed by atoms with E-state index in [9.17, 15) is 13.2 Å². The lowest BCUT2D eigenvalue weighted by molar-refractivity contribution is -0.0440. The number of nitrogens with zero attached hydrogens (tertiary/aromatic N) is 2. The number of amides is 1. The Bertz CT molecular complexity index is 658. The molecule has 0 spiro atoms. The van der Waals surface area contributed by atoms with Gasteiger partial charge in [-0.1, -0.05) is 0 Å². The Hall–Kier alpha value is -1.44. The highest BCUT2D eigenvalue weighted by Crippen LogP contribution is 2.21. The summed E-state index contributed by atoms with van der Waals surface area (Å²) in [6.07, 6.45) is -0.265. The molecule has 1 heterocycles. The zero-order chi connectivity index (χ0) is 17.9. The average molecular weight is 354 g/mol. The monoisotopic (exact) mass is 354 g/mol. The fourth-order valence-electron chi connectivity index (χ4n) is 2.94. The maximum absolute atomic E-state index is 12.8. The number of hydrogen-bond acceptors (Lipinski definition) is 4. The lowest BCUT2D eigenvalue weighted by Gasteiger charge is -2.34. The molecule has 0 aliphatic carbocycles. The Kier molecular flexibility index (Phi) is 6.01. The standard InChI is InChI=1S/C17H26N2O4S/c1-5-18(6-2)17(20)15-7-9-16(10-8-15)24(21,22)19-11-13(3)23-14(4)12-19/h7-10,13-14H,5-6,11-12H2,1-4H3. The summed E-state index contributed by atoms with van der Waals surface area (Å²) in [4.78, 5) is 14.2. The molecule has 1 amide bonds. The Morgan fingerprint density at radius 3 is 2.08 bits per heavy atom. The molecule has 2 unspecified atom stereocenters. The summed E-state index contributed by atoms with van der Waals surface area (Å²) in [5.74, 6) is -0.0856. The average Bonchev–Trinajstić information content (AvgIpc) is 2.55. The zero-order valence-electron chi connectivity index (χ0n) is 14.7. The molecule has 2 atom stereocenters. The van der Waals surface area contributed by atoms with Gasteiger partial charge >= 0.3 is 0 Å². The number of benzene rings is 1. The van der Waals surface area contributed by atoms with E-state index in [2.05, 4.69) is 0 Å². The second kappa shape index (κ2) is 7.63. The Morgan fingerprint density at radius 2 is 1.62 bits per heavy atom. The van der Waals surface area contributed by atoms with E-state index < -0.39 is 10.0 Å². The molecule has 0 bridgehead atoms. The molecule has 1 fully saturated rings. The van der Waals surface area contributed by atoms with Crippen molar-refractivity contribution in [1.29, 1.82) is 0 Å². The first-order valence-corrected chi connectivity index (χ1v) is 9.78. The molecule has 134 valence electrons. The van der Waals surface area contributed by atoms with Crippen molar-refractivity contribution in [3.8, 4) is 0 Å². The van der Waals surface area contributed by atoms with Gasteiger partial charge in [-0.2, -0.15) is 4.31 Å². The number of carbonyl (C=O) groups is 1. The normalized spacial score (nSPS) is 22.3. The summed E-state index contributed by atoms with van der Waals surface area (Å²) in [5, 5.41) is 0. The molecule has 0 radical (unpaired) electrons. The third-order valence-electron chi connectivity index (χ3n) is 4.18. The second-order valence-corrected chi connectivity index (χ2v) is 8.02. The Balaban J connectivity index is 2.22. The van der Waals surface area contributed by atoms with Crippen molar-refractivity contribution >= 4 is 15.9 Å². The smallest absolute Gasteiger partial charge is 0.253 e. The third kappa shape index (κ3) is 3.96. The highest BCUT2D eigenvalue weighted by molar-refractivity contribution is 7.89. The zero-order valence-corrected chi connectivity index (χ0v) is 15.5. The minimum absolute atomic E-state index is 0.0856. The molecule has 1 aromatic carbocycles. The predicted molar refractivity (Wildman–Crippen MR) is 92.5 cm³/mol. The van der Waals surface area contributed by atoms with E-state index in [0.717, 1.165) is 0 Å². The van der Waals surface area contributed by atoms with Crippen LogP contribution in [0.2, 0.25) is 0 Å². The summed E-state index contributed by atoms with van der Waals surface area (Å²) >= 11 is 0. The summed E-state index contributed by atoms with van der Waals surface area (Å²) < 4.78 is 32.6. The van der Waals surface area contributed by atoms with Crippen LogP contribution < -0.4 is 0 Å². The van der Waals surface area contributed by atoms with Crippen LogP contribution in [0.15, 0.2) is 29.2 Å². The first-order chi connectivity index (χ1) is 11.3. The second-order valence-electron chi connectivity index (χ2n) is 6.08. The van der Waals surface area contributed by atoms with Gasteiger partial charge in [-0.15, -0.1) is 0 Å². The van der Waals surface area contributed by atoms with Gasteiger partial charge in [0.05, 0.1) is 17.1 Å². The number of morpholine rings is 1. The van der Waals surface area contributed by atoms with Crippen LogP contribution >= 0.6 is 0 Å². The van der Waals surface area contributed by atoms with Crippen LogP contribution in [0.5, 0.6) is 0 Å². The van der Waals surface area contributed by atoms with E-state index in [0.29, 0.717) is 31.7 Å². The quantitative estimate of drug-likeness (QED) is 0.811. The fourth-order valence-corrected chi connectivity index (χ4v) is 4.53. The molecule has 0 N–H and O–H groups in total. The van der Waals surface area contributed by atoms with Crippen LogP contribution in [-0.2, 0) is 14.8 Å². The lowest BCUT2D eigenvalue weighted by Crippen LogP contribution is -2.48. The highest BCUT2D eigenvalue weighted by atomic mass is 32.2. The van der Waals surface area contributed by atoms with Crippen LogP contribution in [0.3, 0.4) is 0 Å². The number of carbonyl (C=O) groups excluding carboxylic acids is 1. The van der Waals surface area contributed by atoms with Gasteiger partial charge in [-0.25, -0.2) is 8.42 Å². The summed E-state index contributed by atoms with van der Waals surface area (Å²) in [5.41, 5.74) is 0.501. The topological polar surface area (TPSA) is 66.9 Å². The molecule has 24 heavy (non-hydrogen) atoms. The van der Waals surface area contributed by atoms with Crippen molar-refractivity contribution < 1.29 is 17.9 Å². The van der Waals surface area contributed by atoms with Crippen molar-refractivity contribution in [2.24, 2.45) is 0 Å². The predicted octanol–water partition coefficient (Wildman–Crippen LogP) is 1.97. The summed E-state index contributed by atoms with van der Waals surface area (Å²) in [7, 11) is -3.57. The van der Waals surface area contributed by atoms with Crippen molar-refractivity contribution in [2.45, 2.75) is 44.8 Å². The maximum atomic E-state index is 12.8. The molecule has 1 aliphatic rings. The third-order valence-corrected chi connectivity index (χ3v) is 6.02. The first kappa shape index (κ1) is 18.9. The molecular formula is C17H26N2O4S. The van der Waals surface area contributed by atoms with Gasteiger partial charge < -0.3 is 9.64 Å². The van der Waals surface area contributed by atoms with Crippen molar-refractivity contribution in [3.05, 3.63) is 29.8 Å². The van der Waals surface area contributed by atoms with Gasteiger partial charge in [-0.3, -0.25) is 4.79 Å². The van der Waals surface area contributed by atoms with E-state index in [1.54, 1.807) is 17.0 Å². The highest BCUT2D eigenvalue weighted by Gasteiger charge is 2.32. The SMILES string of the molecule is CCN(CC)C(=O)c1ccc(S(=O)(=O)N2CC(C)OC(C)C2)cc1. The molecule has 1 aliphatic heterocycles. The molecule has 7 heteroatoms. The van der Waals surface area contributed by atoms with Crippen LogP contribution in [-0.4, -0.2) is 61.9 Å². The van der Waals surface area contributed by atoms with E-state index in [-0.39, 0.29) is 23.0 Å². The molecular weight excluding hydrogens is 328 g/mol. The number of rotatable bonds is 5. The molecule has 2 rings (SSSR count). The van der Waals surface area contributed by atoms with Crippen molar-refractivity contribution in [3.63, 3.8) is 0 Å². The van der Waals surface area contributed by atoms with Gasteiger partial charge in [-0.05, 0) is 52.0 Å². The molecule has 1 aromatic rings. The van der Waals surface area contributed by atoms with Gasteiger partial charge in [0.1, 0.15) is 0 Å². The number of sulfonamides is 1. The fraction of sp³-hybridized carbons (Fsp3) is 0.588. The van der Waals surface area contributed by atoms with Gasteiger partial charge in [0.15, 0.2) is 0 Å². The molecule has 0 saturated carbocycles. The van der Waals surface area contributed by atoms with Crippen LogP contribution in [0.1, 0.15) is 38.1 Å². The van der Waals surface area contributed by atoms with Gasteiger partial charge in [0, 0.05) is 31.7 Å². The summed E-state index contributed by atoms with van der Waals surface area (Å²) in [6, 6.07) is 6.19. The number of hydrogen-bond donors (Lipinski definition) is 0. The molecule has 6 nitrogen and oxygen atoms in total.